The van der Waals surface area contributed by atoms with Crippen LogP contribution in [0.15, 0.2) is 42.5 Å². The lowest BCUT2D eigenvalue weighted by Gasteiger charge is -2.33. The Labute approximate surface area is 225 Å². The summed E-state index contributed by atoms with van der Waals surface area (Å²) in [7, 11) is 1.33. The van der Waals surface area contributed by atoms with Gasteiger partial charge >= 0.3 is 18.0 Å². The molecule has 0 saturated carbocycles. The van der Waals surface area contributed by atoms with E-state index in [0.717, 1.165) is 16.3 Å². The topological polar surface area (TPSA) is 90.9 Å². The monoisotopic (exact) mass is 521 g/mol. The van der Waals surface area contributed by atoms with E-state index in [9.17, 15) is 14.4 Å². The average Bonchev–Trinajstić information content (AvgIpc) is 2.80. The van der Waals surface area contributed by atoms with Gasteiger partial charge in [-0.3, -0.25) is 9.59 Å². The zero-order valence-corrected chi connectivity index (χ0v) is 20.4. The number of hydrogen-bond donors (Lipinski definition) is 1. The number of alkyl carbamates (subject to hydrolysis) is 1. The van der Waals surface area contributed by atoms with Crippen molar-refractivity contribution in [2.45, 2.75) is 83.2 Å². The molecule has 0 saturated heterocycles. The second kappa shape index (κ2) is 16.6. The summed E-state index contributed by atoms with van der Waals surface area (Å²) in [5.74, 6) is -0.814. The van der Waals surface area contributed by atoms with Crippen LogP contribution < -0.4 is 5.32 Å². The molecule has 2 aromatic carbocycles. The summed E-state index contributed by atoms with van der Waals surface area (Å²) >= 11 is 0. The van der Waals surface area contributed by atoms with Crippen molar-refractivity contribution in [3.63, 3.8) is 0 Å². The fraction of sp³-hybridized carbons (Fsp3) is 0.567. The average molecular weight is 522 g/mol. The summed E-state index contributed by atoms with van der Waals surface area (Å²) in [6, 6.07) is 13.7. The lowest BCUT2D eigenvalue weighted by atomic mass is 9.72. The molecule has 37 heavy (non-hydrogen) atoms. The van der Waals surface area contributed by atoms with Crippen molar-refractivity contribution in [1.29, 1.82) is 0 Å². The van der Waals surface area contributed by atoms with Crippen LogP contribution in [0.5, 0.6) is 0 Å². The van der Waals surface area contributed by atoms with E-state index < -0.39 is 22.9 Å². The molecule has 2 rings (SSSR count). The van der Waals surface area contributed by atoms with E-state index in [-0.39, 0.29) is 61.4 Å². The fourth-order valence-corrected chi connectivity index (χ4v) is 4.03. The van der Waals surface area contributed by atoms with E-state index in [1.54, 1.807) is 20.8 Å². The zero-order chi connectivity index (χ0) is 24.6. The minimum Gasteiger partial charge on any atom is -0.469 e. The number of fused-ring (bicyclic) bond motifs is 1. The highest BCUT2D eigenvalue weighted by molar-refractivity contribution is 5.86. The van der Waals surface area contributed by atoms with Crippen LogP contribution in [0.1, 0.15) is 88.8 Å². The molecule has 7 heteroatoms. The van der Waals surface area contributed by atoms with Crippen LogP contribution in [0.25, 0.3) is 10.8 Å². The van der Waals surface area contributed by atoms with Gasteiger partial charge in [0.15, 0.2) is 0 Å². The number of carbonyl (C=O) groups is 3. The Morgan fingerprint density at radius 1 is 0.865 bits per heavy atom. The number of carbonyl (C=O) groups excluding carboxylic acids is 3. The molecular weight excluding hydrogens is 470 g/mol. The summed E-state index contributed by atoms with van der Waals surface area (Å²) in [6.45, 7) is 8.86. The first-order valence-electron chi connectivity index (χ1n) is 11.2. The smallest absolute Gasteiger partial charge is 0.407 e. The maximum Gasteiger partial charge on any atom is 0.407 e. The molecule has 0 aliphatic heterocycles. The largest absolute Gasteiger partial charge is 0.469 e. The van der Waals surface area contributed by atoms with Crippen molar-refractivity contribution >= 4 is 28.8 Å². The van der Waals surface area contributed by atoms with E-state index in [4.69, 9.17) is 14.2 Å². The Bertz CT molecular complexity index is 982. The van der Waals surface area contributed by atoms with Crippen molar-refractivity contribution in [2.24, 2.45) is 10.8 Å². The van der Waals surface area contributed by atoms with Crippen molar-refractivity contribution < 1.29 is 28.6 Å². The van der Waals surface area contributed by atoms with Crippen LogP contribution in [0, 0.1) is 10.8 Å². The third-order valence-corrected chi connectivity index (χ3v) is 6.02. The first-order valence-corrected chi connectivity index (χ1v) is 11.2. The second-order valence-corrected chi connectivity index (χ2v) is 9.17. The molecule has 0 aliphatic carbocycles. The van der Waals surface area contributed by atoms with Gasteiger partial charge in [-0.2, -0.15) is 0 Å². The highest BCUT2D eigenvalue weighted by Crippen LogP contribution is 2.38. The minimum atomic E-state index is -0.858. The van der Waals surface area contributed by atoms with Crippen LogP contribution in [0.2, 0.25) is 0 Å². The summed E-state index contributed by atoms with van der Waals surface area (Å²) in [6.07, 6.45) is 0.193. The molecule has 212 valence electrons. The third kappa shape index (κ3) is 10.1. The third-order valence-electron chi connectivity index (χ3n) is 6.02. The van der Waals surface area contributed by atoms with Crippen LogP contribution >= 0.6 is 0 Å². The first-order chi connectivity index (χ1) is 15.5. The SMILES string of the molecule is C.C.C.C.CCC(C)(CC(C)(C)C(=O)OC)C(=O)OCCOC(=O)NC(C)c1cccc2ccccc12. The minimum absolute atomic E-state index is 0. The number of benzene rings is 2. The van der Waals surface area contributed by atoms with E-state index in [1.807, 2.05) is 56.3 Å². The van der Waals surface area contributed by atoms with Crippen molar-refractivity contribution in [2.75, 3.05) is 20.3 Å². The highest BCUT2D eigenvalue weighted by atomic mass is 16.6. The van der Waals surface area contributed by atoms with Gasteiger partial charge in [0, 0.05) is 0 Å². The molecule has 7 nitrogen and oxygen atoms in total. The van der Waals surface area contributed by atoms with Gasteiger partial charge in [0.05, 0.1) is 24.0 Å². The lowest BCUT2D eigenvalue weighted by Crippen LogP contribution is -2.38. The Morgan fingerprint density at radius 3 is 2.03 bits per heavy atom. The summed E-state index contributed by atoms with van der Waals surface area (Å²) in [5.41, 5.74) is -0.696. The molecule has 0 bridgehead atoms. The number of methoxy groups -OCH3 is 1. The molecule has 0 aliphatic rings. The molecule has 0 aromatic heterocycles. The molecule has 1 N–H and O–H groups in total. The van der Waals surface area contributed by atoms with Crippen LogP contribution in [0.3, 0.4) is 0 Å². The van der Waals surface area contributed by atoms with Gasteiger partial charge < -0.3 is 19.5 Å². The predicted octanol–water partition coefficient (Wildman–Crippen LogP) is 7.72. The summed E-state index contributed by atoms with van der Waals surface area (Å²) in [4.78, 5) is 36.9. The number of ether oxygens (including phenoxy) is 3. The molecule has 0 heterocycles. The molecule has 0 radical (unpaired) electrons. The van der Waals surface area contributed by atoms with Crippen molar-refractivity contribution in [1.82, 2.24) is 5.32 Å². The van der Waals surface area contributed by atoms with Crippen molar-refractivity contribution in [3.8, 4) is 0 Å². The molecular formula is C30H51NO6. The Hall–Kier alpha value is -3.09. The van der Waals surface area contributed by atoms with Gasteiger partial charge in [-0.15, -0.1) is 0 Å². The second-order valence-electron chi connectivity index (χ2n) is 9.17. The quantitative estimate of drug-likeness (QED) is 0.195. The standard InChI is InChI=1S/C26H35NO6.4CH4/c1-7-26(5,17-25(3,4)22(28)31-6)23(29)32-15-16-33-24(30)27-18(2)20-14-10-12-19-11-8-9-13-21(19)20;;;;/h8-14,18H,7,15-17H2,1-6H3,(H,27,30);4*1H4. The maximum absolute atomic E-state index is 12.7. The Kier molecular flexibility index (Phi) is 17.3. The Morgan fingerprint density at radius 2 is 1.43 bits per heavy atom. The van der Waals surface area contributed by atoms with Crippen molar-refractivity contribution in [3.05, 3.63) is 48.0 Å². The van der Waals surface area contributed by atoms with E-state index >= 15 is 0 Å². The van der Waals surface area contributed by atoms with E-state index in [1.165, 1.54) is 7.11 Å². The molecule has 2 atom stereocenters. The van der Waals surface area contributed by atoms with Gasteiger partial charge in [-0.25, -0.2) is 4.79 Å². The van der Waals surface area contributed by atoms with Crippen LogP contribution in [-0.4, -0.2) is 38.4 Å². The van der Waals surface area contributed by atoms with Crippen LogP contribution in [-0.2, 0) is 23.8 Å². The summed E-state index contributed by atoms with van der Waals surface area (Å²) < 4.78 is 15.4. The van der Waals surface area contributed by atoms with Gasteiger partial charge in [-0.05, 0) is 56.9 Å². The molecule has 1 amide bonds. The van der Waals surface area contributed by atoms with Gasteiger partial charge in [0.1, 0.15) is 13.2 Å². The predicted molar refractivity (Wildman–Crippen MR) is 154 cm³/mol. The Balaban J connectivity index is -0.00000289. The van der Waals surface area contributed by atoms with Gasteiger partial charge in [-0.1, -0.05) is 79.1 Å². The van der Waals surface area contributed by atoms with Crippen LogP contribution in [0.4, 0.5) is 4.79 Å². The maximum atomic E-state index is 12.7. The summed E-state index contributed by atoms with van der Waals surface area (Å²) in [5, 5.41) is 4.98. The number of rotatable bonds is 10. The number of nitrogens with one attached hydrogen (secondary N) is 1. The van der Waals surface area contributed by atoms with E-state index in [2.05, 4.69) is 5.32 Å². The molecule has 2 aromatic rings. The number of esters is 2. The first kappa shape index (κ1) is 38.4. The number of amides is 1. The lowest BCUT2D eigenvalue weighted by molar-refractivity contribution is -0.162. The normalized spacial score (nSPS) is 12.6. The highest BCUT2D eigenvalue weighted by Gasteiger charge is 2.42. The fourth-order valence-electron chi connectivity index (χ4n) is 4.03. The number of hydrogen-bond acceptors (Lipinski definition) is 6. The molecule has 0 spiro atoms. The molecule has 0 fully saturated rings. The molecule has 2 unspecified atom stereocenters. The van der Waals surface area contributed by atoms with E-state index in [0.29, 0.717) is 6.42 Å². The zero-order valence-electron chi connectivity index (χ0n) is 20.4. The van der Waals surface area contributed by atoms with Gasteiger partial charge in [0.2, 0.25) is 0 Å². The van der Waals surface area contributed by atoms with Gasteiger partial charge in [0.25, 0.3) is 0 Å².